The summed E-state index contributed by atoms with van der Waals surface area (Å²) in [5.41, 5.74) is 7.61. The van der Waals surface area contributed by atoms with E-state index in [0.29, 0.717) is 12.0 Å². The lowest BCUT2D eigenvalue weighted by Crippen LogP contribution is -2.41. The Balaban J connectivity index is 1.69. The van der Waals surface area contributed by atoms with E-state index in [2.05, 4.69) is 24.1 Å². The molecule has 3 heteroatoms. The molecule has 2 aliphatic carbocycles. The third-order valence-corrected chi connectivity index (χ3v) is 5.14. The maximum atomic E-state index is 6.40. The fourth-order valence-corrected chi connectivity index (χ4v) is 4.00. The van der Waals surface area contributed by atoms with E-state index in [-0.39, 0.29) is 0 Å². The molecular weight excluding hydrogens is 236 g/mol. The molecule has 2 bridgehead atoms. The molecule has 2 fully saturated rings. The average Bonchev–Trinajstić information content (AvgIpc) is 3.02. The molecule has 3 rings (SSSR count). The van der Waals surface area contributed by atoms with E-state index < -0.39 is 0 Å². The second-order valence-corrected chi connectivity index (χ2v) is 6.16. The Labute approximate surface area is 115 Å². The lowest BCUT2D eigenvalue weighted by molar-refractivity contribution is 0.293. The zero-order chi connectivity index (χ0) is 13.4. The molecule has 4 atom stereocenters. The van der Waals surface area contributed by atoms with Crippen LogP contribution in [0.2, 0.25) is 0 Å². The maximum absolute atomic E-state index is 6.40. The van der Waals surface area contributed by atoms with Gasteiger partial charge in [0.05, 0.1) is 7.11 Å². The first kappa shape index (κ1) is 12.8. The minimum atomic E-state index is 0.409. The highest BCUT2D eigenvalue weighted by atomic mass is 16.5. The third kappa shape index (κ3) is 2.32. The monoisotopic (exact) mass is 260 g/mol. The normalized spacial score (nSPS) is 32.6. The summed E-state index contributed by atoms with van der Waals surface area (Å²) in [7, 11) is 3.87. The van der Waals surface area contributed by atoms with E-state index in [4.69, 9.17) is 10.5 Å². The Morgan fingerprint density at radius 2 is 2.11 bits per heavy atom. The molecule has 1 aromatic rings. The molecule has 1 aromatic carbocycles. The van der Waals surface area contributed by atoms with Crippen LogP contribution >= 0.6 is 0 Å². The molecule has 0 spiro atoms. The van der Waals surface area contributed by atoms with Gasteiger partial charge in [0, 0.05) is 31.4 Å². The quantitative estimate of drug-likeness (QED) is 0.904. The highest BCUT2D eigenvalue weighted by Crippen LogP contribution is 2.47. The summed E-state index contributed by atoms with van der Waals surface area (Å²) < 4.78 is 5.29. The Morgan fingerprint density at radius 1 is 1.32 bits per heavy atom. The summed E-state index contributed by atoms with van der Waals surface area (Å²) in [6.45, 7) is 1.06. The number of nitrogens with two attached hydrogens (primary N) is 1. The van der Waals surface area contributed by atoms with Crippen molar-refractivity contribution in [2.75, 3.05) is 25.6 Å². The molecule has 19 heavy (non-hydrogen) atoms. The first-order valence-electron chi connectivity index (χ1n) is 7.30. The largest absolute Gasteiger partial charge is 0.497 e. The standard InChI is InChI=1S/C16H24N2O/c1-18(13-4-3-5-14(9-13)19-2)10-15-11-6-7-12(8-11)16(15)17/h3-5,9,11-12,15-16H,6-8,10,17H2,1-2H3. The van der Waals surface area contributed by atoms with E-state index in [1.165, 1.54) is 24.9 Å². The summed E-state index contributed by atoms with van der Waals surface area (Å²) in [6, 6.07) is 8.68. The predicted octanol–water partition coefficient (Wildman–Crippen LogP) is 2.50. The van der Waals surface area contributed by atoms with Crippen molar-refractivity contribution in [1.29, 1.82) is 0 Å². The molecule has 0 aliphatic heterocycles. The van der Waals surface area contributed by atoms with Crippen molar-refractivity contribution in [2.24, 2.45) is 23.5 Å². The van der Waals surface area contributed by atoms with E-state index in [1.54, 1.807) is 7.11 Å². The molecular formula is C16H24N2O. The van der Waals surface area contributed by atoms with Crippen LogP contribution in [0.4, 0.5) is 5.69 Å². The zero-order valence-electron chi connectivity index (χ0n) is 11.9. The summed E-state index contributed by atoms with van der Waals surface area (Å²) in [4.78, 5) is 2.33. The predicted molar refractivity (Wildman–Crippen MR) is 78.6 cm³/mol. The average molecular weight is 260 g/mol. The second kappa shape index (κ2) is 5.04. The highest BCUT2D eigenvalue weighted by Gasteiger charge is 2.45. The molecule has 2 aliphatic rings. The van der Waals surface area contributed by atoms with Crippen LogP contribution in [0, 0.1) is 17.8 Å². The molecule has 4 unspecified atom stereocenters. The topological polar surface area (TPSA) is 38.5 Å². The van der Waals surface area contributed by atoms with Gasteiger partial charge in [-0.1, -0.05) is 6.07 Å². The van der Waals surface area contributed by atoms with Gasteiger partial charge in [-0.15, -0.1) is 0 Å². The summed E-state index contributed by atoms with van der Waals surface area (Å²) in [5.74, 6) is 3.22. The van der Waals surface area contributed by atoms with Crippen molar-refractivity contribution in [3.63, 3.8) is 0 Å². The van der Waals surface area contributed by atoms with Gasteiger partial charge in [0.15, 0.2) is 0 Å². The van der Waals surface area contributed by atoms with Crippen LogP contribution in [-0.2, 0) is 0 Å². The summed E-state index contributed by atoms with van der Waals surface area (Å²) in [5, 5.41) is 0. The van der Waals surface area contributed by atoms with Crippen LogP contribution < -0.4 is 15.4 Å². The molecule has 0 radical (unpaired) electrons. The number of methoxy groups -OCH3 is 1. The molecule has 2 saturated carbocycles. The lowest BCUT2D eigenvalue weighted by atomic mass is 9.84. The van der Waals surface area contributed by atoms with Gasteiger partial charge in [0.2, 0.25) is 0 Å². The molecule has 0 heterocycles. The van der Waals surface area contributed by atoms with Gasteiger partial charge in [-0.25, -0.2) is 0 Å². The molecule has 2 N–H and O–H groups in total. The Bertz CT molecular complexity index is 446. The van der Waals surface area contributed by atoms with Gasteiger partial charge < -0.3 is 15.4 Å². The number of ether oxygens (including phenoxy) is 1. The van der Waals surface area contributed by atoms with Crippen molar-refractivity contribution in [1.82, 2.24) is 0 Å². The Hall–Kier alpha value is -1.22. The smallest absolute Gasteiger partial charge is 0.120 e. The fraction of sp³-hybridized carbons (Fsp3) is 0.625. The first-order valence-corrected chi connectivity index (χ1v) is 7.30. The van der Waals surface area contributed by atoms with Crippen LogP contribution in [0.3, 0.4) is 0 Å². The van der Waals surface area contributed by atoms with E-state index in [9.17, 15) is 0 Å². The number of fused-ring (bicyclic) bond motifs is 2. The fourth-order valence-electron chi connectivity index (χ4n) is 4.00. The van der Waals surface area contributed by atoms with Crippen LogP contribution in [0.1, 0.15) is 19.3 Å². The minimum absolute atomic E-state index is 0.409. The molecule has 0 saturated heterocycles. The highest BCUT2D eigenvalue weighted by molar-refractivity contribution is 5.50. The number of hydrogen-bond donors (Lipinski definition) is 1. The SMILES string of the molecule is COc1cccc(N(C)CC2C3CCC(C3)C2N)c1. The zero-order valence-corrected chi connectivity index (χ0v) is 11.9. The van der Waals surface area contributed by atoms with Gasteiger partial charge in [-0.2, -0.15) is 0 Å². The number of benzene rings is 1. The lowest BCUT2D eigenvalue weighted by Gasteiger charge is -2.32. The van der Waals surface area contributed by atoms with Crippen LogP contribution in [-0.4, -0.2) is 26.7 Å². The first-order chi connectivity index (χ1) is 9.19. The van der Waals surface area contributed by atoms with Gasteiger partial charge in [-0.05, 0) is 49.1 Å². The van der Waals surface area contributed by atoms with Crippen molar-refractivity contribution in [3.05, 3.63) is 24.3 Å². The van der Waals surface area contributed by atoms with Crippen molar-refractivity contribution < 1.29 is 4.74 Å². The molecule has 0 amide bonds. The second-order valence-electron chi connectivity index (χ2n) is 6.16. The van der Waals surface area contributed by atoms with E-state index >= 15 is 0 Å². The van der Waals surface area contributed by atoms with Gasteiger partial charge in [0.1, 0.15) is 5.75 Å². The Morgan fingerprint density at radius 3 is 2.79 bits per heavy atom. The van der Waals surface area contributed by atoms with E-state index in [0.717, 1.165) is 24.1 Å². The summed E-state index contributed by atoms with van der Waals surface area (Å²) in [6.07, 6.45) is 4.10. The van der Waals surface area contributed by atoms with Gasteiger partial charge in [0.25, 0.3) is 0 Å². The van der Waals surface area contributed by atoms with Crippen LogP contribution in [0.15, 0.2) is 24.3 Å². The number of nitrogens with zero attached hydrogens (tertiary/aromatic N) is 1. The maximum Gasteiger partial charge on any atom is 0.120 e. The van der Waals surface area contributed by atoms with E-state index in [1.807, 2.05) is 12.1 Å². The third-order valence-electron chi connectivity index (χ3n) is 5.14. The Kier molecular flexibility index (Phi) is 3.40. The van der Waals surface area contributed by atoms with Crippen LogP contribution in [0.5, 0.6) is 5.75 Å². The van der Waals surface area contributed by atoms with Crippen molar-refractivity contribution in [3.8, 4) is 5.75 Å². The van der Waals surface area contributed by atoms with Gasteiger partial charge in [-0.3, -0.25) is 0 Å². The number of rotatable bonds is 4. The van der Waals surface area contributed by atoms with Crippen LogP contribution in [0.25, 0.3) is 0 Å². The number of anilines is 1. The van der Waals surface area contributed by atoms with Crippen molar-refractivity contribution >= 4 is 5.69 Å². The summed E-state index contributed by atoms with van der Waals surface area (Å²) >= 11 is 0. The molecule has 0 aromatic heterocycles. The van der Waals surface area contributed by atoms with Gasteiger partial charge >= 0.3 is 0 Å². The van der Waals surface area contributed by atoms with Crippen molar-refractivity contribution in [2.45, 2.75) is 25.3 Å². The minimum Gasteiger partial charge on any atom is -0.497 e. The molecule has 104 valence electrons. The number of hydrogen-bond acceptors (Lipinski definition) is 3. The molecule has 3 nitrogen and oxygen atoms in total.